The summed E-state index contributed by atoms with van der Waals surface area (Å²) in [6.07, 6.45) is 0. The summed E-state index contributed by atoms with van der Waals surface area (Å²) in [5, 5.41) is 2.06. The highest BCUT2D eigenvalue weighted by atomic mass is 16.3. The number of nitrogens with zero attached hydrogens (tertiary/aromatic N) is 5. The Hall–Kier alpha value is -7.05. The van der Waals surface area contributed by atoms with Crippen LogP contribution in [-0.4, -0.2) is 15.0 Å². The molecular weight excluding hydrogens is 627 g/mol. The van der Waals surface area contributed by atoms with E-state index in [1.54, 1.807) is 0 Å². The third kappa shape index (κ3) is 4.84. The van der Waals surface area contributed by atoms with E-state index in [9.17, 15) is 0 Å². The molecule has 0 unspecified atom stereocenters. The summed E-state index contributed by atoms with van der Waals surface area (Å²) in [4.78, 5) is 19.5. The summed E-state index contributed by atoms with van der Waals surface area (Å²) in [6.45, 7) is 0. The topological polar surface area (TPSA) is 58.3 Å². The first kappa shape index (κ1) is 28.9. The van der Waals surface area contributed by atoms with Gasteiger partial charge in [-0.05, 0) is 60.7 Å². The number of furan rings is 1. The second-order valence-corrected chi connectivity index (χ2v) is 12.5. The molecule has 0 aliphatic carbocycles. The van der Waals surface area contributed by atoms with Crippen LogP contribution in [0.25, 0.3) is 56.1 Å². The van der Waals surface area contributed by atoms with Gasteiger partial charge in [0, 0.05) is 27.8 Å². The molecule has 0 spiro atoms. The van der Waals surface area contributed by atoms with Crippen LogP contribution in [0, 0.1) is 0 Å². The van der Waals surface area contributed by atoms with Gasteiger partial charge in [0.15, 0.2) is 17.5 Å². The molecule has 0 N–H and O–H groups in total. The molecule has 0 saturated heterocycles. The molecule has 51 heavy (non-hydrogen) atoms. The number of hydrogen-bond acceptors (Lipinski definition) is 6. The highest BCUT2D eigenvalue weighted by Gasteiger charge is 2.31. The zero-order chi connectivity index (χ0) is 33.7. The van der Waals surface area contributed by atoms with Crippen LogP contribution in [0.2, 0.25) is 0 Å². The fraction of sp³-hybridized carbons (Fsp3) is 0. The van der Waals surface area contributed by atoms with Crippen molar-refractivity contribution in [3.8, 4) is 34.2 Å². The highest BCUT2D eigenvalue weighted by molar-refractivity contribution is 6.16. The van der Waals surface area contributed by atoms with Gasteiger partial charge < -0.3 is 14.2 Å². The average Bonchev–Trinajstić information content (AvgIpc) is 3.59. The van der Waals surface area contributed by atoms with E-state index in [-0.39, 0.29) is 0 Å². The Morgan fingerprint density at radius 2 is 0.824 bits per heavy atom. The molecule has 240 valence electrons. The Kier molecular flexibility index (Phi) is 6.70. The zero-order valence-corrected chi connectivity index (χ0v) is 27.4. The maximum Gasteiger partial charge on any atom is 0.164 e. The molecule has 6 heteroatoms. The van der Waals surface area contributed by atoms with Crippen LogP contribution < -0.4 is 9.80 Å². The predicted octanol–water partition coefficient (Wildman–Crippen LogP) is 12.0. The highest BCUT2D eigenvalue weighted by Crippen LogP contribution is 2.55. The van der Waals surface area contributed by atoms with E-state index in [4.69, 9.17) is 19.4 Å². The van der Waals surface area contributed by atoms with Gasteiger partial charge in [-0.15, -0.1) is 0 Å². The van der Waals surface area contributed by atoms with Gasteiger partial charge in [0.25, 0.3) is 0 Å². The maximum absolute atomic E-state index is 6.63. The minimum absolute atomic E-state index is 0.588. The number of fused-ring (bicyclic) bond motifs is 5. The largest absolute Gasteiger partial charge is 0.456 e. The second kappa shape index (κ2) is 11.8. The van der Waals surface area contributed by atoms with Crippen LogP contribution in [0.15, 0.2) is 180 Å². The van der Waals surface area contributed by atoms with Crippen LogP contribution >= 0.6 is 0 Å². The van der Waals surface area contributed by atoms with Crippen molar-refractivity contribution in [3.63, 3.8) is 0 Å². The lowest BCUT2D eigenvalue weighted by Gasteiger charge is -2.40. The minimum Gasteiger partial charge on any atom is -0.456 e. The van der Waals surface area contributed by atoms with Crippen LogP contribution in [0.3, 0.4) is 0 Å². The first-order valence-electron chi connectivity index (χ1n) is 17.0. The SMILES string of the molecule is c1ccc(-c2nc(-c3ccccc3)nc(-c3ccc4c(c3)oc3cccc(N5c6ccccc6N(c6ccccc6)c6ccccc65)c34)n2)cc1. The van der Waals surface area contributed by atoms with Gasteiger partial charge >= 0.3 is 0 Å². The Balaban J connectivity index is 1.14. The monoisotopic (exact) mass is 655 g/mol. The van der Waals surface area contributed by atoms with E-state index >= 15 is 0 Å². The third-order valence-corrected chi connectivity index (χ3v) is 9.42. The summed E-state index contributed by atoms with van der Waals surface area (Å²) < 4.78 is 6.63. The summed E-state index contributed by atoms with van der Waals surface area (Å²) in [6, 6.07) is 60.3. The molecule has 9 aromatic rings. The number of rotatable bonds is 5. The lowest BCUT2D eigenvalue weighted by Crippen LogP contribution is -2.23. The molecule has 3 heterocycles. The molecule has 2 aromatic heterocycles. The van der Waals surface area contributed by atoms with Crippen molar-refractivity contribution in [2.24, 2.45) is 0 Å². The van der Waals surface area contributed by atoms with Gasteiger partial charge in [0.2, 0.25) is 0 Å². The van der Waals surface area contributed by atoms with Crippen LogP contribution in [-0.2, 0) is 0 Å². The first-order chi connectivity index (χ1) is 25.3. The molecule has 0 bridgehead atoms. The average molecular weight is 656 g/mol. The van der Waals surface area contributed by atoms with Gasteiger partial charge in [0.1, 0.15) is 11.2 Å². The van der Waals surface area contributed by atoms with Crippen molar-refractivity contribution in [2.75, 3.05) is 9.80 Å². The Morgan fingerprint density at radius 3 is 1.39 bits per heavy atom. The van der Waals surface area contributed by atoms with Gasteiger partial charge in [-0.25, -0.2) is 15.0 Å². The standard InChI is InChI=1S/C45H29N5O/c1-4-15-30(16-5-1)43-46-44(31-17-6-2-7-18-31)48-45(47-43)32-27-28-34-41(29-32)51-40-26-14-25-39(42(34)40)50-37-23-12-10-21-35(37)49(33-19-8-3-9-20-33)36-22-11-13-24-38(36)50/h1-29H. The van der Waals surface area contributed by atoms with Crippen molar-refractivity contribution < 1.29 is 4.42 Å². The van der Waals surface area contributed by atoms with Crippen molar-refractivity contribution >= 4 is 56.1 Å². The zero-order valence-electron chi connectivity index (χ0n) is 27.4. The molecule has 7 aromatic carbocycles. The van der Waals surface area contributed by atoms with Crippen LogP contribution in [0.4, 0.5) is 34.1 Å². The van der Waals surface area contributed by atoms with Gasteiger partial charge in [-0.2, -0.15) is 0 Å². The predicted molar refractivity (Wildman–Crippen MR) is 206 cm³/mol. The van der Waals surface area contributed by atoms with E-state index in [0.717, 1.165) is 72.8 Å². The van der Waals surface area contributed by atoms with E-state index in [2.05, 4.69) is 113 Å². The maximum atomic E-state index is 6.63. The second-order valence-electron chi connectivity index (χ2n) is 12.5. The lowest BCUT2D eigenvalue weighted by atomic mass is 10.0. The molecule has 10 rings (SSSR count). The number of anilines is 6. The Labute approximate surface area is 294 Å². The molecule has 1 aliphatic rings. The Morgan fingerprint density at radius 1 is 0.353 bits per heavy atom. The van der Waals surface area contributed by atoms with Crippen molar-refractivity contribution in [3.05, 3.63) is 176 Å². The molecule has 0 fully saturated rings. The normalized spacial score (nSPS) is 12.2. The molecular formula is C45H29N5O. The van der Waals surface area contributed by atoms with E-state index in [1.165, 1.54) is 0 Å². The van der Waals surface area contributed by atoms with Crippen molar-refractivity contribution in [1.82, 2.24) is 15.0 Å². The van der Waals surface area contributed by atoms with Gasteiger partial charge in [-0.1, -0.05) is 115 Å². The number of para-hydroxylation sites is 5. The lowest BCUT2D eigenvalue weighted by molar-refractivity contribution is 0.669. The van der Waals surface area contributed by atoms with E-state index in [1.807, 2.05) is 72.8 Å². The van der Waals surface area contributed by atoms with E-state index in [0.29, 0.717) is 17.5 Å². The summed E-state index contributed by atoms with van der Waals surface area (Å²) in [5.74, 6) is 1.84. The third-order valence-electron chi connectivity index (χ3n) is 9.42. The number of hydrogen-bond donors (Lipinski definition) is 0. The first-order valence-corrected chi connectivity index (χ1v) is 17.0. The fourth-order valence-corrected chi connectivity index (χ4v) is 7.13. The van der Waals surface area contributed by atoms with Gasteiger partial charge in [0.05, 0.1) is 33.8 Å². The molecule has 0 atom stereocenters. The quantitative estimate of drug-likeness (QED) is 0.184. The summed E-state index contributed by atoms with van der Waals surface area (Å²) >= 11 is 0. The van der Waals surface area contributed by atoms with Crippen LogP contribution in [0.5, 0.6) is 0 Å². The molecule has 6 nitrogen and oxygen atoms in total. The smallest absolute Gasteiger partial charge is 0.164 e. The van der Waals surface area contributed by atoms with Gasteiger partial charge in [-0.3, -0.25) is 0 Å². The molecule has 0 amide bonds. The number of benzene rings is 7. The molecule has 1 aliphatic heterocycles. The van der Waals surface area contributed by atoms with Crippen LogP contribution in [0.1, 0.15) is 0 Å². The summed E-state index contributed by atoms with van der Waals surface area (Å²) in [5.41, 5.74) is 10.8. The molecule has 0 radical (unpaired) electrons. The van der Waals surface area contributed by atoms with Crippen molar-refractivity contribution in [1.29, 1.82) is 0 Å². The summed E-state index contributed by atoms with van der Waals surface area (Å²) in [7, 11) is 0. The fourth-order valence-electron chi connectivity index (χ4n) is 7.13. The number of aromatic nitrogens is 3. The van der Waals surface area contributed by atoms with Crippen molar-refractivity contribution in [2.45, 2.75) is 0 Å². The Bertz CT molecular complexity index is 2600. The minimum atomic E-state index is 0.588. The molecule has 0 saturated carbocycles. The van der Waals surface area contributed by atoms with E-state index < -0.39 is 0 Å².